The van der Waals surface area contributed by atoms with Gasteiger partial charge in [-0.25, -0.2) is 9.36 Å². The van der Waals surface area contributed by atoms with Gasteiger partial charge in [-0.15, -0.1) is 0 Å². The van der Waals surface area contributed by atoms with E-state index in [4.69, 9.17) is 16.0 Å². The maximum atomic E-state index is 12.7. The average molecular weight is 303 g/mol. The molecule has 0 unspecified atom stereocenters. The Morgan fingerprint density at radius 2 is 1.95 bits per heavy atom. The van der Waals surface area contributed by atoms with Crippen molar-refractivity contribution in [2.45, 2.75) is 6.18 Å². The maximum Gasteiger partial charge on any atom is 0.416 e. The molecule has 1 aromatic carbocycles. The number of aromatic nitrogens is 2. The van der Waals surface area contributed by atoms with E-state index in [1.54, 1.807) is 0 Å². The first-order chi connectivity index (χ1) is 9.36. The monoisotopic (exact) mass is 302 g/mol. The number of hydrogen-bond donors (Lipinski definition) is 1. The number of rotatable bonds is 1. The molecule has 0 saturated carbocycles. The summed E-state index contributed by atoms with van der Waals surface area (Å²) >= 11 is 5.61. The van der Waals surface area contributed by atoms with Crippen LogP contribution < -0.4 is 5.69 Å². The Labute approximate surface area is 114 Å². The highest BCUT2D eigenvalue weighted by Crippen LogP contribution is 2.31. The van der Waals surface area contributed by atoms with Crippen molar-refractivity contribution in [1.29, 1.82) is 0 Å². The Kier molecular flexibility index (Phi) is 2.68. The fourth-order valence-electron chi connectivity index (χ4n) is 1.92. The van der Waals surface area contributed by atoms with E-state index in [0.29, 0.717) is 0 Å². The minimum atomic E-state index is -4.49. The first-order valence-electron chi connectivity index (χ1n) is 5.44. The number of halogens is 4. The maximum absolute atomic E-state index is 12.7. The molecule has 8 heteroatoms. The molecule has 2 aromatic heterocycles. The van der Waals surface area contributed by atoms with Gasteiger partial charge in [0.2, 0.25) is 5.88 Å². The third-order valence-electron chi connectivity index (χ3n) is 2.79. The van der Waals surface area contributed by atoms with Crippen molar-refractivity contribution < 1.29 is 17.6 Å². The normalized spacial score (nSPS) is 12.2. The molecule has 0 fully saturated rings. The van der Waals surface area contributed by atoms with Gasteiger partial charge in [-0.05, 0) is 35.9 Å². The van der Waals surface area contributed by atoms with E-state index in [2.05, 4.69) is 4.98 Å². The van der Waals surface area contributed by atoms with Crippen LogP contribution in [0.2, 0.25) is 5.22 Å². The second kappa shape index (κ2) is 4.17. The molecule has 2 heterocycles. The minimum Gasteiger partial charge on any atom is -0.428 e. The van der Waals surface area contributed by atoms with Crippen molar-refractivity contribution >= 4 is 22.6 Å². The van der Waals surface area contributed by atoms with E-state index in [-0.39, 0.29) is 22.1 Å². The number of hydrogen-bond acceptors (Lipinski definition) is 2. The van der Waals surface area contributed by atoms with Gasteiger partial charge in [-0.1, -0.05) is 0 Å². The molecular formula is C12H6ClF3N2O2. The lowest BCUT2D eigenvalue weighted by Crippen LogP contribution is -2.14. The third-order valence-corrected chi connectivity index (χ3v) is 2.99. The van der Waals surface area contributed by atoms with Gasteiger partial charge in [0.25, 0.3) is 0 Å². The number of imidazole rings is 1. The van der Waals surface area contributed by atoms with Crippen LogP contribution >= 0.6 is 11.6 Å². The summed E-state index contributed by atoms with van der Waals surface area (Å²) in [4.78, 5) is 14.3. The summed E-state index contributed by atoms with van der Waals surface area (Å²) in [5.41, 5.74) is -1.12. The van der Waals surface area contributed by atoms with Crippen LogP contribution in [0.1, 0.15) is 5.56 Å². The summed E-state index contributed by atoms with van der Waals surface area (Å²) in [6.07, 6.45) is -4.49. The molecule has 20 heavy (non-hydrogen) atoms. The van der Waals surface area contributed by atoms with Crippen molar-refractivity contribution in [2.24, 2.45) is 0 Å². The Balaban J connectivity index is 2.31. The number of nitrogens with one attached hydrogen (secondary N) is 1. The minimum absolute atomic E-state index is 0.0354. The number of nitrogens with zero attached hydrogens (tertiary/aromatic N) is 1. The summed E-state index contributed by atoms with van der Waals surface area (Å²) in [5.74, 6) is 0.0468. The molecule has 0 radical (unpaired) electrons. The van der Waals surface area contributed by atoms with Gasteiger partial charge in [-0.3, -0.25) is 0 Å². The van der Waals surface area contributed by atoms with Gasteiger partial charge < -0.3 is 9.40 Å². The summed E-state index contributed by atoms with van der Waals surface area (Å²) < 4.78 is 44.2. The van der Waals surface area contributed by atoms with E-state index in [1.165, 1.54) is 18.2 Å². The van der Waals surface area contributed by atoms with Crippen LogP contribution in [-0.4, -0.2) is 9.55 Å². The molecule has 4 nitrogen and oxygen atoms in total. The zero-order chi connectivity index (χ0) is 14.5. The van der Waals surface area contributed by atoms with Crippen LogP contribution in [0.4, 0.5) is 13.2 Å². The molecule has 3 aromatic rings. The highest BCUT2D eigenvalue weighted by Gasteiger charge is 2.31. The van der Waals surface area contributed by atoms with E-state index < -0.39 is 17.4 Å². The Morgan fingerprint density at radius 3 is 2.55 bits per heavy atom. The molecule has 0 aliphatic carbocycles. The van der Waals surface area contributed by atoms with E-state index in [1.807, 2.05) is 0 Å². The number of benzene rings is 1. The highest BCUT2D eigenvalue weighted by molar-refractivity contribution is 6.28. The summed E-state index contributed by atoms with van der Waals surface area (Å²) in [7, 11) is 0. The van der Waals surface area contributed by atoms with Crippen LogP contribution in [-0.2, 0) is 6.18 Å². The molecule has 0 aliphatic heterocycles. The lowest BCUT2D eigenvalue weighted by molar-refractivity contribution is -0.137. The van der Waals surface area contributed by atoms with Gasteiger partial charge >= 0.3 is 11.9 Å². The summed E-state index contributed by atoms with van der Waals surface area (Å²) in [6.45, 7) is 0. The van der Waals surface area contributed by atoms with Gasteiger partial charge in [0.05, 0.1) is 16.6 Å². The summed E-state index contributed by atoms with van der Waals surface area (Å²) in [6, 6.07) is 5.77. The largest absolute Gasteiger partial charge is 0.428 e. The second-order valence-corrected chi connectivity index (χ2v) is 4.45. The SMILES string of the molecule is O=c1[nH]c2ccc(C(F)(F)F)cc2n1-c1ccc(Cl)o1. The molecule has 0 spiro atoms. The second-order valence-electron chi connectivity index (χ2n) is 4.07. The van der Waals surface area contributed by atoms with Crippen molar-refractivity contribution in [3.8, 4) is 5.88 Å². The van der Waals surface area contributed by atoms with E-state index in [0.717, 1.165) is 16.7 Å². The predicted octanol–water partition coefficient (Wildman–Crippen LogP) is 3.58. The Hall–Kier alpha value is -2.15. The predicted molar refractivity (Wildman–Crippen MR) is 66.2 cm³/mol. The first kappa shape index (κ1) is 12.9. The molecule has 0 amide bonds. The molecular weight excluding hydrogens is 297 g/mol. The Bertz CT molecular complexity index is 844. The van der Waals surface area contributed by atoms with Crippen LogP contribution in [0.25, 0.3) is 16.9 Å². The van der Waals surface area contributed by atoms with Crippen molar-refractivity contribution in [3.05, 3.63) is 51.6 Å². The topological polar surface area (TPSA) is 50.9 Å². The fourth-order valence-corrected chi connectivity index (χ4v) is 2.06. The quantitative estimate of drug-likeness (QED) is 0.747. The van der Waals surface area contributed by atoms with Crippen molar-refractivity contribution in [3.63, 3.8) is 0 Å². The molecule has 104 valence electrons. The molecule has 0 atom stereocenters. The van der Waals surface area contributed by atoms with Gasteiger partial charge in [0, 0.05) is 6.07 Å². The lowest BCUT2D eigenvalue weighted by Gasteiger charge is -2.06. The van der Waals surface area contributed by atoms with E-state index >= 15 is 0 Å². The van der Waals surface area contributed by atoms with Crippen molar-refractivity contribution in [1.82, 2.24) is 9.55 Å². The number of fused-ring (bicyclic) bond motifs is 1. The molecule has 0 saturated heterocycles. The zero-order valence-corrected chi connectivity index (χ0v) is 10.4. The molecule has 1 N–H and O–H groups in total. The van der Waals surface area contributed by atoms with Gasteiger partial charge in [0.15, 0.2) is 5.22 Å². The van der Waals surface area contributed by atoms with Crippen LogP contribution in [0.5, 0.6) is 0 Å². The zero-order valence-electron chi connectivity index (χ0n) is 9.66. The van der Waals surface area contributed by atoms with Crippen LogP contribution in [0, 0.1) is 0 Å². The number of aromatic amines is 1. The van der Waals surface area contributed by atoms with Crippen molar-refractivity contribution in [2.75, 3.05) is 0 Å². The van der Waals surface area contributed by atoms with Gasteiger partial charge in [-0.2, -0.15) is 13.2 Å². The molecule has 0 aliphatic rings. The van der Waals surface area contributed by atoms with E-state index in [9.17, 15) is 18.0 Å². The highest BCUT2D eigenvalue weighted by atomic mass is 35.5. The lowest BCUT2D eigenvalue weighted by atomic mass is 10.2. The number of H-pyrrole nitrogens is 1. The summed E-state index contributed by atoms with van der Waals surface area (Å²) in [5, 5.41) is 0.0354. The van der Waals surface area contributed by atoms with Crippen LogP contribution in [0.3, 0.4) is 0 Å². The molecule has 3 rings (SSSR count). The third kappa shape index (κ3) is 2.00. The number of alkyl halides is 3. The number of furan rings is 1. The standard InChI is InChI=1S/C12H6ClF3N2O2/c13-9-3-4-10(20-9)18-8-5-6(12(14,15)16)1-2-7(8)17-11(18)19/h1-5H,(H,17,19). The Morgan fingerprint density at radius 1 is 1.20 bits per heavy atom. The smallest absolute Gasteiger partial charge is 0.416 e. The first-order valence-corrected chi connectivity index (χ1v) is 5.82. The average Bonchev–Trinajstić information content (AvgIpc) is 2.89. The fraction of sp³-hybridized carbons (Fsp3) is 0.0833. The molecule has 0 bridgehead atoms. The van der Waals surface area contributed by atoms with Gasteiger partial charge in [0.1, 0.15) is 0 Å². The van der Waals surface area contributed by atoms with Crippen LogP contribution in [0.15, 0.2) is 39.5 Å².